The monoisotopic (exact) mass is 459 g/mol. The molecule has 13 heteroatoms. The second-order valence-electron chi connectivity index (χ2n) is 8.06. The molecule has 13 nitrogen and oxygen atoms in total. The molecule has 4 unspecified atom stereocenters. The zero-order valence-electron chi connectivity index (χ0n) is 18.6. The van der Waals surface area contributed by atoms with Crippen molar-refractivity contribution in [1.29, 1.82) is 0 Å². The lowest BCUT2D eigenvalue weighted by Crippen LogP contribution is -2.59. The summed E-state index contributed by atoms with van der Waals surface area (Å²) in [4.78, 5) is 70.9. The van der Waals surface area contributed by atoms with E-state index in [0.29, 0.717) is 0 Å². The van der Waals surface area contributed by atoms with Gasteiger partial charge in [-0.3, -0.25) is 24.0 Å². The van der Waals surface area contributed by atoms with E-state index < -0.39 is 78.5 Å². The van der Waals surface area contributed by atoms with Gasteiger partial charge in [0.2, 0.25) is 23.6 Å². The Labute approximate surface area is 185 Å². The van der Waals surface area contributed by atoms with Crippen LogP contribution in [0.4, 0.5) is 0 Å². The minimum absolute atomic E-state index is 0.196. The maximum atomic E-state index is 12.8. The van der Waals surface area contributed by atoms with Crippen molar-refractivity contribution in [2.75, 3.05) is 0 Å². The third-order valence-electron chi connectivity index (χ3n) is 4.57. The standard InChI is InChI=1S/C19H33N5O8/c1-8(2)14(21)17(29)24-15(9(3)4)18(30)22-10(5-6-13(26)27)16(28)23-11(19(31)32)7-12(20)25/h8-11,14-15H,5-7,21H2,1-4H3,(H2,20,25)(H,22,30)(H,23,28)(H,24,29)(H,26,27)(H,31,32). The highest BCUT2D eigenvalue weighted by molar-refractivity contribution is 5.95. The van der Waals surface area contributed by atoms with Gasteiger partial charge in [-0.15, -0.1) is 0 Å². The van der Waals surface area contributed by atoms with Gasteiger partial charge >= 0.3 is 11.9 Å². The first-order chi connectivity index (χ1) is 14.7. The average molecular weight is 460 g/mol. The van der Waals surface area contributed by atoms with Crippen molar-refractivity contribution < 1.29 is 39.0 Å². The van der Waals surface area contributed by atoms with Crippen LogP contribution in [0.1, 0.15) is 47.0 Å². The van der Waals surface area contributed by atoms with Gasteiger partial charge in [-0.2, -0.15) is 0 Å². The maximum Gasteiger partial charge on any atom is 0.326 e. The van der Waals surface area contributed by atoms with Gasteiger partial charge in [0.25, 0.3) is 0 Å². The molecular formula is C19H33N5O8. The van der Waals surface area contributed by atoms with E-state index in [1.54, 1.807) is 27.7 Å². The lowest BCUT2D eigenvalue weighted by atomic mass is 9.99. The third kappa shape index (κ3) is 10.2. The molecule has 0 spiro atoms. The van der Waals surface area contributed by atoms with E-state index in [4.69, 9.17) is 21.7 Å². The first kappa shape index (κ1) is 28.8. The molecule has 182 valence electrons. The maximum absolute atomic E-state index is 12.8. The van der Waals surface area contributed by atoms with E-state index in [2.05, 4.69) is 16.0 Å². The summed E-state index contributed by atoms with van der Waals surface area (Å²) < 4.78 is 0. The number of hydrogen-bond acceptors (Lipinski definition) is 7. The summed E-state index contributed by atoms with van der Waals surface area (Å²) in [6.07, 6.45) is -1.57. The topological polar surface area (TPSA) is 231 Å². The van der Waals surface area contributed by atoms with Crippen LogP contribution in [0.15, 0.2) is 0 Å². The largest absolute Gasteiger partial charge is 0.481 e. The molecule has 0 fully saturated rings. The van der Waals surface area contributed by atoms with Crippen LogP contribution in [-0.2, 0) is 28.8 Å². The highest BCUT2D eigenvalue weighted by atomic mass is 16.4. The first-order valence-electron chi connectivity index (χ1n) is 10.1. The smallest absolute Gasteiger partial charge is 0.326 e. The van der Waals surface area contributed by atoms with Crippen molar-refractivity contribution >= 4 is 35.6 Å². The number of nitrogens with one attached hydrogen (secondary N) is 3. The summed E-state index contributed by atoms with van der Waals surface area (Å²) >= 11 is 0. The molecule has 0 aliphatic heterocycles. The molecular weight excluding hydrogens is 426 g/mol. The fourth-order valence-electron chi connectivity index (χ4n) is 2.56. The van der Waals surface area contributed by atoms with Gasteiger partial charge in [-0.25, -0.2) is 4.79 Å². The molecule has 0 rings (SSSR count). The molecule has 0 bridgehead atoms. The highest BCUT2D eigenvalue weighted by Gasteiger charge is 2.32. The quantitative estimate of drug-likeness (QED) is 0.151. The van der Waals surface area contributed by atoms with E-state index in [1.807, 2.05) is 0 Å². The number of carboxylic acids is 2. The molecule has 0 aromatic heterocycles. The highest BCUT2D eigenvalue weighted by Crippen LogP contribution is 2.07. The van der Waals surface area contributed by atoms with E-state index in [9.17, 15) is 28.8 Å². The fourth-order valence-corrected chi connectivity index (χ4v) is 2.56. The van der Waals surface area contributed by atoms with E-state index in [0.717, 1.165) is 0 Å². The minimum atomic E-state index is -1.66. The Kier molecular flexibility index (Phi) is 11.9. The zero-order chi connectivity index (χ0) is 25.2. The zero-order valence-corrected chi connectivity index (χ0v) is 18.6. The number of rotatable bonds is 14. The number of hydrogen-bond donors (Lipinski definition) is 7. The average Bonchev–Trinajstić information content (AvgIpc) is 2.66. The third-order valence-corrected chi connectivity index (χ3v) is 4.57. The molecule has 4 atom stereocenters. The Bertz CT molecular complexity index is 725. The van der Waals surface area contributed by atoms with Crippen LogP contribution in [0.2, 0.25) is 0 Å². The molecule has 0 saturated carbocycles. The van der Waals surface area contributed by atoms with Crippen molar-refractivity contribution in [1.82, 2.24) is 16.0 Å². The Morgan fingerprint density at radius 3 is 1.72 bits per heavy atom. The number of amides is 4. The predicted octanol–water partition coefficient (Wildman–Crippen LogP) is -2.10. The second-order valence-corrected chi connectivity index (χ2v) is 8.06. The molecule has 0 aliphatic carbocycles. The predicted molar refractivity (Wildman–Crippen MR) is 112 cm³/mol. The fraction of sp³-hybridized carbons (Fsp3) is 0.684. The number of carbonyl (C=O) groups excluding carboxylic acids is 4. The van der Waals surface area contributed by atoms with Crippen molar-refractivity contribution in [2.45, 2.75) is 71.1 Å². The minimum Gasteiger partial charge on any atom is -0.481 e. The molecule has 32 heavy (non-hydrogen) atoms. The van der Waals surface area contributed by atoms with Gasteiger partial charge in [0.1, 0.15) is 18.1 Å². The van der Waals surface area contributed by atoms with Crippen LogP contribution in [0.3, 0.4) is 0 Å². The molecule has 9 N–H and O–H groups in total. The summed E-state index contributed by atoms with van der Waals surface area (Å²) in [5.41, 5.74) is 10.8. The summed E-state index contributed by atoms with van der Waals surface area (Å²) in [6.45, 7) is 6.74. The van der Waals surface area contributed by atoms with Gasteiger partial charge in [0.15, 0.2) is 0 Å². The van der Waals surface area contributed by atoms with E-state index in [-0.39, 0.29) is 12.3 Å². The van der Waals surface area contributed by atoms with Crippen molar-refractivity contribution in [3.63, 3.8) is 0 Å². The first-order valence-corrected chi connectivity index (χ1v) is 10.1. The van der Waals surface area contributed by atoms with Crippen molar-refractivity contribution in [2.24, 2.45) is 23.3 Å². The summed E-state index contributed by atoms with van der Waals surface area (Å²) in [7, 11) is 0. The normalized spacial score (nSPS) is 14.7. The van der Waals surface area contributed by atoms with Gasteiger partial charge in [-0.05, 0) is 18.3 Å². The molecule has 0 aromatic rings. The molecule has 4 amide bonds. The molecule has 0 saturated heterocycles. The molecule has 0 radical (unpaired) electrons. The van der Waals surface area contributed by atoms with E-state index in [1.165, 1.54) is 0 Å². The lowest BCUT2D eigenvalue weighted by Gasteiger charge is -2.27. The summed E-state index contributed by atoms with van der Waals surface area (Å²) in [6, 6.07) is -5.06. The summed E-state index contributed by atoms with van der Waals surface area (Å²) in [5, 5.41) is 25.0. The van der Waals surface area contributed by atoms with Crippen LogP contribution >= 0.6 is 0 Å². The molecule has 0 aliphatic rings. The number of carbonyl (C=O) groups is 6. The van der Waals surface area contributed by atoms with Crippen LogP contribution in [-0.4, -0.2) is 69.9 Å². The van der Waals surface area contributed by atoms with E-state index >= 15 is 0 Å². The number of primary amides is 1. The Balaban J connectivity index is 5.54. The number of carboxylic acid groups (broad SMARTS) is 2. The SMILES string of the molecule is CC(C)C(N)C(=O)NC(C(=O)NC(CCC(=O)O)C(=O)NC(CC(N)=O)C(=O)O)C(C)C. The van der Waals surface area contributed by atoms with Crippen molar-refractivity contribution in [3.8, 4) is 0 Å². The van der Waals surface area contributed by atoms with Crippen LogP contribution in [0.5, 0.6) is 0 Å². The number of aliphatic carboxylic acids is 2. The molecule has 0 heterocycles. The van der Waals surface area contributed by atoms with Gasteiger partial charge in [-0.1, -0.05) is 27.7 Å². The van der Waals surface area contributed by atoms with Gasteiger partial charge in [0, 0.05) is 6.42 Å². The van der Waals surface area contributed by atoms with Gasteiger partial charge in [0.05, 0.1) is 12.5 Å². The lowest BCUT2D eigenvalue weighted by molar-refractivity contribution is -0.144. The Hall–Kier alpha value is -3.22. The number of nitrogens with two attached hydrogens (primary N) is 2. The van der Waals surface area contributed by atoms with Crippen molar-refractivity contribution in [3.05, 3.63) is 0 Å². The molecule has 0 aromatic carbocycles. The van der Waals surface area contributed by atoms with Crippen LogP contribution in [0, 0.1) is 11.8 Å². The Morgan fingerprint density at radius 1 is 0.781 bits per heavy atom. The van der Waals surface area contributed by atoms with Crippen LogP contribution < -0.4 is 27.4 Å². The van der Waals surface area contributed by atoms with Crippen LogP contribution in [0.25, 0.3) is 0 Å². The van der Waals surface area contributed by atoms with Gasteiger partial charge < -0.3 is 37.6 Å². The Morgan fingerprint density at radius 2 is 1.31 bits per heavy atom. The second kappa shape index (κ2) is 13.2. The summed E-state index contributed by atoms with van der Waals surface area (Å²) in [5.74, 6) is -6.74.